The van der Waals surface area contributed by atoms with Crippen molar-refractivity contribution in [1.82, 2.24) is 0 Å². The molecule has 1 aliphatic heterocycles. The van der Waals surface area contributed by atoms with Gasteiger partial charge >= 0.3 is 11.9 Å². The van der Waals surface area contributed by atoms with Crippen molar-refractivity contribution in [2.24, 2.45) is 11.8 Å². The summed E-state index contributed by atoms with van der Waals surface area (Å²) in [7, 11) is -8.86. The van der Waals surface area contributed by atoms with Gasteiger partial charge in [0.05, 0.1) is 5.25 Å². The van der Waals surface area contributed by atoms with Crippen molar-refractivity contribution < 1.29 is 43.9 Å². The zero-order chi connectivity index (χ0) is 16.5. The van der Waals surface area contributed by atoms with E-state index in [0.29, 0.717) is 6.42 Å². The average molecular weight is 362 g/mol. The van der Waals surface area contributed by atoms with Gasteiger partial charge < -0.3 is 4.74 Å². The highest BCUT2D eigenvalue weighted by Gasteiger charge is 2.66. The highest BCUT2D eigenvalue weighted by atomic mass is 32.2. The molecule has 5 atom stereocenters. The Balaban J connectivity index is 1.74. The summed E-state index contributed by atoms with van der Waals surface area (Å²) >= 11 is 0. The van der Waals surface area contributed by atoms with Gasteiger partial charge in [-0.3, -0.25) is 8.74 Å². The van der Waals surface area contributed by atoms with Crippen molar-refractivity contribution in [3.8, 4) is 0 Å². The fourth-order valence-electron chi connectivity index (χ4n) is 3.54. The molecule has 0 aromatic heterocycles. The van der Waals surface area contributed by atoms with Crippen LogP contribution in [-0.4, -0.2) is 56.5 Å². The summed E-state index contributed by atoms with van der Waals surface area (Å²) in [5.41, 5.74) is 0. The molecule has 0 aromatic rings. The van der Waals surface area contributed by atoms with Crippen LogP contribution in [-0.2, 0) is 34.0 Å². The second-order valence-electron chi connectivity index (χ2n) is 5.79. The van der Waals surface area contributed by atoms with Crippen LogP contribution < -0.4 is 0 Å². The molecule has 1 N–H and O–H groups in total. The van der Waals surface area contributed by atoms with E-state index in [-0.39, 0.29) is 6.42 Å². The van der Waals surface area contributed by atoms with E-state index in [9.17, 15) is 30.4 Å². The van der Waals surface area contributed by atoms with Crippen molar-refractivity contribution in [3.63, 3.8) is 0 Å². The van der Waals surface area contributed by atoms with Crippen LogP contribution >= 0.6 is 0 Å². The predicted molar refractivity (Wildman–Crippen MR) is 65.0 cm³/mol. The third kappa shape index (κ3) is 2.51. The lowest BCUT2D eigenvalue weighted by molar-refractivity contribution is -0.181. The van der Waals surface area contributed by atoms with E-state index >= 15 is 0 Å². The van der Waals surface area contributed by atoms with Crippen LogP contribution in [0.1, 0.15) is 12.8 Å². The number of rotatable bonds is 4. The van der Waals surface area contributed by atoms with Crippen molar-refractivity contribution in [1.29, 1.82) is 0 Å². The molecule has 22 heavy (non-hydrogen) atoms. The number of alkyl halides is 2. The van der Waals surface area contributed by atoms with E-state index in [0.717, 1.165) is 0 Å². The topological polar surface area (TPSA) is 124 Å². The number of ether oxygens (including phenoxy) is 1. The monoisotopic (exact) mass is 362 g/mol. The Hall–Kier alpha value is -0.850. The first-order valence-corrected chi connectivity index (χ1v) is 9.45. The Labute approximate surface area is 124 Å². The molecule has 0 radical (unpaired) electrons. The van der Waals surface area contributed by atoms with Gasteiger partial charge in [-0.05, 0) is 12.8 Å². The van der Waals surface area contributed by atoms with Crippen molar-refractivity contribution in [2.75, 3.05) is 5.75 Å². The predicted octanol–water partition coefficient (Wildman–Crippen LogP) is -0.442. The molecule has 2 bridgehead atoms. The first kappa shape index (κ1) is 16.0. The maximum atomic E-state index is 13.4. The van der Waals surface area contributed by atoms with Gasteiger partial charge in [-0.25, -0.2) is 4.79 Å². The van der Waals surface area contributed by atoms with Crippen LogP contribution in [0.15, 0.2) is 0 Å². The first-order valence-electron chi connectivity index (χ1n) is 6.37. The molecule has 2 saturated carbocycles. The second-order valence-corrected chi connectivity index (χ2v) is 9.02. The van der Waals surface area contributed by atoms with E-state index in [1.54, 1.807) is 0 Å². The van der Waals surface area contributed by atoms with Gasteiger partial charge in [-0.15, -0.1) is 0 Å². The van der Waals surface area contributed by atoms with Crippen LogP contribution in [0.2, 0.25) is 0 Å². The Morgan fingerprint density at radius 1 is 1.36 bits per heavy atom. The van der Waals surface area contributed by atoms with Crippen molar-refractivity contribution in [2.45, 2.75) is 36.2 Å². The highest BCUT2D eigenvalue weighted by Crippen LogP contribution is 2.55. The molecule has 0 aromatic carbocycles. The average Bonchev–Trinajstić information content (AvgIpc) is 2.89. The maximum absolute atomic E-state index is 13.4. The van der Waals surface area contributed by atoms with Gasteiger partial charge in [0.15, 0.2) is 5.75 Å². The van der Waals surface area contributed by atoms with E-state index in [2.05, 4.69) is 4.74 Å². The first-order chi connectivity index (χ1) is 9.91. The molecular weight excluding hydrogens is 350 g/mol. The molecule has 2 aliphatic carbocycles. The highest BCUT2D eigenvalue weighted by molar-refractivity contribution is 7.87. The molecule has 3 aliphatic rings. The lowest BCUT2D eigenvalue weighted by Gasteiger charge is -2.26. The molecular formula is C10H12F2O8S2. The minimum absolute atomic E-state index is 0.158. The second kappa shape index (κ2) is 4.58. The number of hydrogen-bond acceptors (Lipinski definition) is 7. The summed E-state index contributed by atoms with van der Waals surface area (Å²) < 4.78 is 89.1. The number of hydrogen-bond donors (Lipinski definition) is 1. The summed E-state index contributed by atoms with van der Waals surface area (Å²) in [6.07, 6.45) is -1.61. The summed E-state index contributed by atoms with van der Waals surface area (Å²) in [4.78, 5) is 11.5. The molecule has 12 heteroatoms. The SMILES string of the molecule is O=C(OC1C2CC3C1OS(=O)(=O)C3C2)C(F)(F)CS(=O)(=O)O. The zero-order valence-electron chi connectivity index (χ0n) is 10.9. The van der Waals surface area contributed by atoms with Crippen LogP contribution in [0, 0.1) is 11.8 Å². The van der Waals surface area contributed by atoms with Gasteiger partial charge in [-0.1, -0.05) is 0 Å². The van der Waals surface area contributed by atoms with Crippen LogP contribution in [0.5, 0.6) is 0 Å². The Morgan fingerprint density at radius 3 is 2.59 bits per heavy atom. The van der Waals surface area contributed by atoms with Gasteiger partial charge in [0.1, 0.15) is 12.2 Å². The number of carbonyl (C=O) groups excluding carboxylic acids is 1. The van der Waals surface area contributed by atoms with Gasteiger partial charge in [0, 0.05) is 11.8 Å². The van der Waals surface area contributed by atoms with E-state index in [1.807, 2.05) is 0 Å². The smallest absolute Gasteiger partial charge is 0.378 e. The van der Waals surface area contributed by atoms with Crippen molar-refractivity contribution >= 4 is 26.2 Å². The summed E-state index contributed by atoms with van der Waals surface area (Å²) in [6.45, 7) is 0. The lowest BCUT2D eigenvalue weighted by Crippen LogP contribution is -2.44. The number of halogens is 2. The Morgan fingerprint density at radius 2 is 2.00 bits per heavy atom. The van der Waals surface area contributed by atoms with E-state index < -0.39 is 67.2 Å². The Bertz CT molecular complexity index is 715. The molecule has 0 amide bonds. The third-order valence-corrected chi connectivity index (χ3v) is 6.82. The van der Waals surface area contributed by atoms with Gasteiger partial charge in [-0.2, -0.15) is 25.6 Å². The third-order valence-electron chi connectivity index (χ3n) is 4.32. The zero-order valence-corrected chi connectivity index (χ0v) is 12.5. The van der Waals surface area contributed by atoms with Crippen LogP contribution in [0.25, 0.3) is 0 Å². The minimum Gasteiger partial charge on any atom is -0.455 e. The molecule has 8 nitrogen and oxygen atoms in total. The quantitative estimate of drug-likeness (QED) is 0.405. The fraction of sp³-hybridized carbons (Fsp3) is 0.900. The molecule has 0 spiro atoms. The van der Waals surface area contributed by atoms with Crippen molar-refractivity contribution in [3.05, 3.63) is 0 Å². The number of carbonyl (C=O) groups is 1. The lowest BCUT2D eigenvalue weighted by atomic mass is 9.94. The summed E-state index contributed by atoms with van der Waals surface area (Å²) in [5, 5.41) is -0.698. The van der Waals surface area contributed by atoms with Gasteiger partial charge in [0.2, 0.25) is 0 Å². The summed E-state index contributed by atoms with van der Waals surface area (Å²) in [5.74, 6) is -9.45. The molecule has 3 fully saturated rings. The van der Waals surface area contributed by atoms with Crippen LogP contribution in [0.3, 0.4) is 0 Å². The summed E-state index contributed by atoms with van der Waals surface area (Å²) in [6, 6.07) is 0. The normalized spacial score (nSPS) is 39.1. The molecule has 3 rings (SSSR count). The largest absolute Gasteiger partial charge is 0.455 e. The maximum Gasteiger partial charge on any atom is 0.378 e. The fourth-order valence-corrected chi connectivity index (χ4v) is 6.00. The number of esters is 1. The Kier molecular flexibility index (Phi) is 3.34. The molecule has 1 heterocycles. The van der Waals surface area contributed by atoms with Crippen LogP contribution in [0.4, 0.5) is 8.78 Å². The minimum atomic E-state index is -5.08. The van der Waals surface area contributed by atoms with E-state index in [4.69, 9.17) is 8.74 Å². The van der Waals surface area contributed by atoms with Gasteiger partial charge in [0.25, 0.3) is 20.2 Å². The molecule has 126 valence electrons. The molecule has 5 unspecified atom stereocenters. The number of fused-ring (bicyclic) bond motifs is 1. The standard InChI is InChI=1S/C10H12F2O8S2/c11-10(12,3-21(14,15)16)9(13)19-7-4-1-5-6(2-4)22(17,18)20-8(5)7/h4-8H,1-3H2,(H,14,15,16). The molecule has 1 saturated heterocycles. The van der Waals surface area contributed by atoms with E-state index in [1.165, 1.54) is 0 Å².